The van der Waals surface area contributed by atoms with Crippen molar-refractivity contribution in [2.24, 2.45) is 11.8 Å². The van der Waals surface area contributed by atoms with Crippen molar-refractivity contribution in [3.63, 3.8) is 0 Å². The maximum Gasteiger partial charge on any atom is 1.00 e. The molecule has 52 heavy (non-hydrogen) atoms. The summed E-state index contributed by atoms with van der Waals surface area (Å²) >= 11 is 2.29. The van der Waals surface area contributed by atoms with Crippen molar-refractivity contribution in [3.05, 3.63) is 32.2 Å². The average Bonchev–Trinajstić information content (AvgIpc) is 3.67. The first-order chi connectivity index (χ1) is 22.9. The Morgan fingerprint density at radius 3 is 1.38 bits per heavy atom. The van der Waals surface area contributed by atoms with Crippen molar-refractivity contribution in [1.29, 1.82) is 0 Å². The average molecular weight is 769 g/mol. The van der Waals surface area contributed by atoms with E-state index in [1.54, 1.807) is 47.2 Å². The molecule has 0 unspecified atom stereocenters. The molecule has 4 atom stereocenters. The van der Waals surface area contributed by atoms with Crippen LogP contribution in [0.2, 0.25) is 0 Å². The van der Waals surface area contributed by atoms with Crippen molar-refractivity contribution >= 4 is 46.8 Å². The number of esters is 1. The van der Waals surface area contributed by atoms with Crippen LogP contribution in [-0.2, 0) is 14.2 Å². The molecule has 15 nitrogen and oxygen atoms in total. The molecule has 292 valence electrons. The predicted octanol–water partition coefficient (Wildman–Crippen LogP) is 3.62. The van der Waals surface area contributed by atoms with Crippen LogP contribution in [0.1, 0.15) is 132 Å². The second kappa shape index (κ2) is 22.4. The van der Waals surface area contributed by atoms with Gasteiger partial charge < -0.3 is 44.8 Å². The van der Waals surface area contributed by atoms with E-state index in [9.17, 15) is 29.4 Å². The van der Waals surface area contributed by atoms with E-state index in [2.05, 4.69) is 9.97 Å². The summed E-state index contributed by atoms with van der Waals surface area (Å²) in [6.45, 7) is 20.6. The number of aromatic carboxylic acids is 1. The Morgan fingerprint density at radius 1 is 0.750 bits per heavy atom. The molecule has 2 aromatic heterocycles. The molecule has 4 N–H and O–H groups in total. The molecular formula is C34H57LiN4O11S2. The van der Waals surface area contributed by atoms with Crippen LogP contribution in [0.5, 0.6) is 0 Å². The number of carboxylic acids is 1. The number of hydrogen-bond donors (Lipinski definition) is 3. The SMILES string of the molecule is CC(C)[C@@H](C[C@@H](O)c1nc(C(=O)O)cs1)N(C)C(=O)OC(C)(C)C.CCOC(=O)c1csc([C@H](O)C[C@H](C(C)C)N(C)C(=O)OC(C)(C)C)n1.[Li+].[OH-]. The largest absolute Gasteiger partial charge is 1.00 e. The molecule has 0 bridgehead atoms. The summed E-state index contributed by atoms with van der Waals surface area (Å²) in [4.78, 5) is 58.3. The number of rotatable bonds is 13. The summed E-state index contributed by atoms with van der Waals surface area (Å²) in [5.41, 5.74) is -1.09. The van der Waals surface area contributed by atoms with Gasteiger partial charge in [0, 0.05) is 49.8 Å². The maximum atomic E-state index is 12.3. The molecule has 0 aliphatic carbocycles. The molecule has 0 radical (unpaired) electrons. The molecule has 2 aromatic rings. The molecule has 0 spiro atoms. The monoisotopic (exact) mass is 768 g/mol. The van der Waals surface area contributed by atoms with Gasteiger partial charge in [-0.05, 0) is 60.3 Å². The van der Waals surface area contributed by atoms with Crippen LogP contribution < -0.4 is 18.9 Å². The van der Waals surface area contributed by atoms with E-state index in [0.29, 0.717) is 16.4 Å². The van der Waals surface area contributed by atoms with Gasteiger partial charge in [0.05, 0.1) is 6.61 Å². The minimum absolute atomic E-state index is 0. The van der Waals surface area contributed by atoms with E-state index in [-0.39, 0.29) is 72.7 Å². The van der Waals surface area contributed by atoms with Gasteiger partial charge in [-0.15, -0.1) is 22.7 Å². The molecule has 0 saturated carbocycles. The fourth-order valence-electron chi connectivity index (χ4n) is 4.63. The van der Waals surface area contributed by atoms with Gasteiger partial charge in [0.15, 0.2) is 11.4 Å². The normalized spacial score (nSPS) is 13.6. The van der Waals surface area contributed by atoms with Crippen LogP contribution in [-0.4, -0.2) is 109 Å². The Kier molecular flexibility index (Phi) is 22.1. The van der Waals surface area contributed by atoms with Crippen LogP contribution in [0, 0.1) is 11.8 Å². The minimum Gasteiger partial charge on any atom is -0.870 e. The molecule has 0 saturated heterocycles. The number of carboxylic acid groups (broad SMARTS) is 1. The number of nitrogens with zero attached hydrogens (tertiary/aromatic N) is 4. The van der Waals surface area contributed by atoms with E-state index < -0.39 is 47.5 Å². The number of ether oxygens (including phenoxy) is 3. The number of aromatic nitrogens is 2. The number of hydrogen-bond acceptors (Lipinski definition) is 14. The third-order valence-electron chi connectivity index (χ3n) is 7.14. The smallest absolute Gasteiger partial charge is 0.870 e. The number of carbonyl (C=O) groups is 4. The Hall–Kier alpha value is -2.78. The standard InChI is InChI=1S/C18H30N2O5S.C16H26N2O5S.Li.H2O/c1-8-24-16(22)12-10-26-15(19-12)14(21)9-13(11(2)3)20(7)17(23)25-18(4,5)6;1-9(2)11(18(6)15(22)23-16(3,4)5)7-12(19)13-17-10(8-24-13)14(20)21;;/h10-11,13-14,21H,8-9H2,1-7H3;8-9,11-12,19H,7H2,1-6H3,(H,20,21);;1H2/q;;+1;/p-1/t13-,14-;11-,12-;;/m11../s1. The van der Waals surface area contributed by atoms with Crippen LogP contribution in [0.15, 0.2) is 10.8 Å². The molecule has 18 heteroatoms. The Labute approximate surface area is 327 Å². The fraction of sp³-hybridized carbons (Fsp3) is 0.706. The van der Waals surface area contributed by atoms with Gasteiger partial charge in [0.25, 0.3) is 0 Å². The second-order valence-electron chi connectivity index (χ2n) is 14.5. The Morgan fingerprint density at radius 2 is 1.10 bits per heavy atom. The molecule has 2 amide bonds. The molecule has 2 rings (SSSR count). The molecule has 0 aromatic carbocycles. The number of carbonyl (C=O) groups excluding carboxylic acids is 3. The van der Waals surface area contributed by atoms with Crippen LogP contribution in [0.4, 0.5) is 9.59 Å². The van der Waals surface area contributed by atoms with E-state index in [1.165, 1.54) is 26.5 Å². The third-order valence-corrected chi connectivity index (χ3v) is 9.04. The Balaban J connectivity index is 0. The first-order valence-corrected chi connectivity index (χ1v) is 18.2. The molecule has 2 heterocycles. The van der Waals surface area contributed by atoms with Crippen molar-refractivity contribution < 1.29 is 73.0 Å². The first-order valence-electron chi connectivity index (χ1n) is 16.5. The summed E-state index contributed by atoms with van der Waals surface area (Å²) in [6.07, 6.45) is -2.18. The number of thiazole rings is 2. The summed E-state index contributed by atoms with van der Waals surface area (Å²) in [7, 11) is 3.30. The molecule has 0 fully saturated rings. The zero-order chi connectivity index (χ0) is 38.7. The van der Waals surface area contributed by atoms with Crippen LogP contribution in [0.25, 0.3) is 0 Å². The maximum absolute atomic E-state index is 12.3. The van der Waals surface area contributed by atoms with Gasteiger partial charge in [-0.1, -0.05) is 27.7 Å². The van der Waals surface area contributed by atoms with E-state index in [1.807, 2.05) is 48.5 Å². The van der Waals surface area contributed by atoms with Crippen molar-refractivity contribution in [2.45, 2.75) is 124 Å². The predicted molar refractivity (Wildman–Crippen MR) is 193 cm³/mol. The van der Waals surface area contributed by atoms with E-state index in [0.717, 1.165) is 11.3 Å². The summed E-state index contributed by atoms with van der Waals surface area (Å²) in [5, 5.41) is 33.5. The van der Waals surface area contributed by atoms with Crippen molar-refractivity contribution in [3.8, 4) is 0 Å². The number of aliphatic hydroxyl groups excluding tert-OH is 2. The summed E-state index contributed by atoms with van der Waals surface area (Å²) < 4.78 is 15.7. The van der Waals surface area contributed by atoms with Gasteiger partial charge >= 0.3 is 43.0 Å². The number of amides is 2. The summed E-state index contributed by atoms with van der Waals surface area (Å²) in [5.74, 6) is -1.45. The summed E-state index contributed by atoms with van der Waals surface area (Å²) in [6, 6.07) is -0.512. The zero-order valence-corrected chi connectivity index (χ0v) is 34.6. The topological polar surface area (TPSA) is 219 Å². The minimum atomic E-state index is -1.13. The van der Waals surface area contributed by atoms with Crippen molar-refractivity contribution in [2.75, 3.05) is 20.7 Å². The third kappa shape index (κ3) is 17.4. The van der Waals surface area contributed by atoms with Crippen LogP contribution >= 0.6 is 22.7 Å². The molecule has 0 aliphatic heterocycles. The van der Waals surface area contributed by atoms with Crippen molar-refractivity contribution in [1.82, 2.24) is 19.8 Å². The quantitative estimate of drug-likeness (QED) is 0.151. The van der Waals surface area contributed by atoms with Gasteiger partial charge in [0.2, 0.25) is 0 Å². The van der Waals surface area contributed by atoms with E-state index in [4.69, 9.17) is 19.3 Å². The van der Waals surface area contributed by atoms with Gasteiger partial charge in [-0.2, -0.15) is 0 Å². The van der Waals surface area contributed by atoms with Gasteiger partial charge in [0.1, 0.15) is 33.4 Å². The van der Waals surface area contributed by atoms with Gasteiger partial charge in [-0.25, -0.2) is 29.1 Å². The molecule has 0 aliphatic rings. The first kappa shape index (κ1) is 51.3. The second-order valence-corrected chi connectivity index (χ2v) is 16.3. The fourth-order valence-corrected chi connectivity index (χ4v) is 6.21. The number of aliphatic hydroxyl groups is 2. The molecular weight excluding hydrogens is 711 g/mol. The Bertz CT molecular complexity index is 1410. The van der Waals surface area contributed by atoms with E-state index >= 15 is 0 Å². The van der Waals surface area contributed by atoms with Crippen LogP contribution in [0.3, 0.4) is 0 Å². The zero-order valence-electron chi connectivity index (χ0n) is 33.0. The van der Waals surface area contributed by atoms with Gasteiger partial charge in [-0.3, -0.25) is 0 Å².